The first-order valence-corrected chi connectivity index (χ1v) is 12.5. The predicted molar refractivity (Wildman–Crippen MR) is 138 cm³/mol. The maximum absolute atomic E-state index is 11.8. The van der Waals surface area contributed by atoms with Gasteiger partial charge in [0.15, 0.2) is 0 Å². The van der Waals surface area contributed by atoms with E-state index in [9.17, 15) is 10.1 Å². The third kappa shape index (κ3) is 5.55. The van der Waals surface area contributed by atoms with E-state index in [0.29, 0.717) is 30.3 Å². The van der Waals surface area contributed by atoms with Crippen LogP contribution in [0.1, 0.15) is 36.8 Å². The second-order valence-corrected chi connectivity index (χ2v) is 9.27. The first kappa shape index (κ1) is 23.1. The number of piperazine rings is 1. The minimum atomic E-state index is 0.0286. The van der Waals surface area contributed by atoms with Gasteiger partial charge in [0, 0.05) is 49.7 Å². The summed E-state index contributed by atoms with van der Waals surface area (Å²) in [5.41, 5.74) is 3.00. The average molecular weight is 470 g/mol. The van der Waals surface area contributed by atoms with Crippen molar-refractivity contribution in [2.24, 2.45) is 0 Å². The summed E-state index contributed by atoms with van der Waals surface area (Å²) in [5, 5.41) is 14.5. The summed E-state index contributed by atoms with van der Waals surface area (Å²) in [5.74, 6) is 1.26. The van der Waals surface area contributed by atoms with Crippen LogP contribution in [0, 0.1) is 11.3 Å². The minimum Gasteiger partial charge on any atom is -0.478 e. The maximum Gasteiger partial charge on any atom is 0.225 e. The topological polar surface area (TPSA) is 81.5 Å². The average Bonchev–Trinajstić information content (AvgIpc) is 3.08. The van der Waals surface area contributed by atoms with E-state index in [-0.39, 0.29) is 5.91 Å². The van der Waals surface area contributed by atoms with E-state index in [2.05, 4.69) is 44.4 Å². The summed E-state index contributed by atoms with van der Waals surface area (Å²) in [6.45, 7) is 5.70. The van der Waals surface area contributed by atoms with Crippen molar-refractivity contribution in [3.05, 3.63) is 59.7 Å². The molecule has 2 aliphatic rings. The lowest BCUT2D eigenvalue weighted by Crippen LogP contribution is -2.46. The number of anilines is 2. The van der Waals surface area contributed by atoms with Crippen LogP contribution in [0.4, 0.5) is 11.5 Å². The molecule has 2 aromatic carbocycles. The van der Waals surface area contributed by atoms with Gasteiger partial charge in [0.2, 0.25) is 11.8 Å². The van der Waals surface area contributed by atoms with Gasteiger partial charge in [-0.05, 0) is 67.4 Å². The molecule has 0 bridgehead atoms. The fourth-order valence-corrected chi connectivity index (χ4v) is 4.92. The zero-order valence-electron chi connectivity index (χ0n) is 20.0. The molecule has 5 rings (SSSR count). The number of hydrogen-bond acceptors (Lipinski definition) is 6. The first-order chi connectivity index (χ1) is 17.2. The standard InChI is InChI=1S/C28H31N5O2/c29-20-21-9-10-22-5-3-7-25(24(22)19-21)33-16-14-32(15-17-33)13-1-2-18-35-27-12-11-23-6-4-8-26(34)30-28(23)31-27/h3,5,7,9-12,19H,1-2,4,6,8,13-18H2,(H,30,31,34). The number of hydrogen-bond donors (Lipinski definition) is 1. The number of pyridine rings is 1. The molecule has 35 heavy (non-hydrogen) atoms. The highest BCUT2D eigenvalue weighted by molar-refractivity contribution is 5.95. The molecule has 1 aromatic heterocycles. The highest BCUT2D eigenvalue weighted by atomic mass is 16.5. The van der Waals surface area contributed by atoms with Crippen molar-refractivity contribution in [1.29, 1.82) is 5.26 Å². The van der Waals surface area contributed by atoms with Crippen molar-refractivity contribution in [3.8, 4) is 11.9 Å². The molecule has 1 amide bonds. The molecular weight excluding hydrogens is 438 g/mol. The van der Waals surface area contributed by atoms with E-state index in [4.69, 9.17) is 4.74 Å². The van der Waals surface area contributed by atoms with Crippen LogP contribution < -0.4 is 15.0 Å². The van der Waals surface area contributed by atoms with Crippen LogP contribution in [-0.4, -0.2) is 55.1 Å². The van der Waals surface area contributed by atoms with Crippen molar-refractivity contribution in [3.63, 3.8) is 0 Å². The van der Waals surface area contributed by atoms with Crippen molar-refractivity contribution in [1.82, 2.24) is 9.88 Å². The number of carbonyl (C=O) groups excluding carboxylic acids is 1. The van der Waals surface area contributed by atoms with Crippen LogP contribution in [0.2, 0.25) is 0 Å². The van der Waals surface area contributed by atoms with Gasteiger partial charge in [-0.3, -0.25) is 9.69 Å². The van der Waals surface area contributed by atoms with E-state index in [1.54, 1.807) is 0 Å². The molecular formula is C28H31N5O2. The molecule has 0 atom stereocenters. The van der Waals surface area contributed by atoms with Gasteiger partial charge in [-0.2, -0.15) is 10.2 Å². The summed E-state index contributed by atoms with van der Waals surface area (Å²) in [4.78, 5) is 21.2. The minimum absolute atomic E-state index is 0.0286. The van der Waals surface area contributed by atoms with Gasteiger partial charge < -0.3 is 15.0 Å². The summed E-state index contributed by atoms with van der Waals surface area (Å²) in [6.07, 6.45) is 4.31. The Bertz CT molecular complexity index is 1240. The van der Waals surface area contributed by atoms with Gasteiger partial charge in [0.25, 0.3) is 0 Å². The highest BCUT2D eigenvalue weighted by Crippen LogP contribution is 2.29. The van der Waals surface area contributed by atoms with Crippen LogP contribution in [0.3, 0.4) is 0 Å². The molecule has 1 N–H and O–H groups in total. The number of ether oxygens (including phenoxy) is 1. The predicted octanol–water partition coefficient (Wildman–Crippen LogP) is 4.36. The van der Waals surface area contributed by atoms with E-state index >= 15 is 0 Å². The number of amides is 1. The lowest BCUT2D eigenvalue weighted by molar-refractivity contribution is -0.116. The SMILES string of the molecule is N#Cc1ccc2cccc(N3CCN(CCCCOc4ccc5c(n4)NC(=O)CCC5)CC3)c2c1. The van der Waals surface area contributed by atoms with Gasteiger partial charge in [-0.1, -0.05) is 18.2 Å². The Morgan fingerprint density at radius 3 is 2.77 bits per heavy atom. The third-order valence-corrected chi connectivity index (χ3v) is 6.88. The summed E-state index contributed by atoms with van der Waals surface area (Å²) in [7, 11) is 0. The number of unbranched alkanes of at least 4 members (excludes halogenated alkanes) is 1. The molecule has 2 aliphatic heterocycles. The van der Waals surface area contributed by atoms with Crippen molar-refractivity contribution >= 4 is 28.2 Å². The van der Waals surface area contributed by atoms with Gasteiger partial charge >= 0.3 is 0 Å². The number of aromatic nitrogens is 1. The van der Waals surface area contributed by atoms with Gasteiger partial charge in [-0.15, -0.1) is 0 Å². The molecule has 0 saturated carbocycles. The lowest BCUT2D eigenvalue weighted by Gasteiger charge is -2.36. The van der Waals surface area contributed by atoms with Crippen molar-refractivity contribution in [2.75, 3.05) is 49.5 Å². The van der Waals surface area contributed by atoms with Crippen LogP contribution in [0.5, 0.6) is 5.88 Å². The number of nitrogens with zero attached hydrogens (tertiary/aromatic N) is 4. The Hall–Kier alpha value is -3.63. The molecule has 0 aliphatic carbocycles. The quantitative estimate of drug-likeness (QED) is 0.518. The number of rotatable bonds is 7. The van der Waals surface area contributed by atoms with Gasteiger partial charge in [0.05, 0.1) is 18.2 Å². The second kappa shape index (κ2) is 10.7. The van der Waals surface area contributed by atoms with E-state index in [1.807, 2.05) is 30.3 Å². The number of aryl methyl sites for hydroxylation is 1. The van der Waals surface area contributed by atoms with Crippen LogP contribution >= 0.6 is 0 Å². The fraction of sp³-hybridized carbons (Fsp3) is 0.393. The van der Waals surface area contributed by atoms with Gasteiger partial charge in [-0.25, -0.2) is 0 Å². The Kier molecular flexibility index (Phi) is 7.10. The largest absolute Gasteiger partial charge is 0.478 e. The summed E-state index contributed by atoms with van der Waals surface area (Å²) in [6, 6.07) is 18.5. The molecule has 3 aromatic rings. The molecule has 0 unspecified atom stereocenters. The molecule has 1 saturated heterocycles. The zero-order valence-corrected chi connectivity index (χ0v) is 20.0. The molecule has 0 spiro atoms. The summed E-state index contributed by atoms with van der Waals surface area (Å²) < 4.78 is 5.86. The Morgan fingerprint density at radius 2 is 1.91 bits per heavy atom. The smallest absolute Gasteiger partial charge is 0.225 e. The third-order valence-electron chi connectivity index (χ3n) is 6.88. The molecule has 7 heteroatoms. The first-order valence-electron chi connectivity index (χ1n) is 12.5. The number of fused-ring (bicyclic) bond motifs is 2. The Balaban J connectivity index is 1.07. The van der Waals surface area contributed by atoms with Crippen LogP contribution in [0.25, 0.3) is 10.8 Å². The number of nitriles is 1. The monoisotopic (exact) mass is 469 g/mol. The molecule has 0 radical (unpaired) electrons. The molecule has 1 fully saturated rings. The van der Waals surface area contributed by atoms with Crippen molar-refractivity contribution in [2.45, 2.75) is 32.1 Å². The van der Waals surface area contributed by atoms with Crippen LogP contribution in [0.15, 0.2) is 48.5 Å². The van der Waals surface area contributed by atoms with E-state index in [0.717, 1.165) is 69.4 Å². The number of benzene rings is 2. The lowest BCUT2D eigenvalue weighted by atomic mass is 10.0. The summed E-state index contributed by atoms with van der Waals surface area (Å²) >= 11 is 0. The van der Waals surface area contributed by atoms with Gasteiger partial charge in [0.1, 0.15) is 5.82 Å². The molecule has 180 valence electrons. The van der Waals surface area contributed by atoms with Crippen molar-refractivity contribution < 1.29 is 9.53 Å². The fourth-order valence-electron chi connectivity index (χ4n) is 4.92. The number of nitrogens with one attached hydrogen (secondary N) is 1. The number of carbonyl (C=O) groups is 1. The molecule has 3 heterocycles. The van der Waals surface area contributed by atoms with E-state index in [1.165, 1.54) is 11.1 Å². The zero-order chi connectivity index (χ0) is 24.0. The Morgan fingerprint density at radius 1 is 1.03 bits per heavy atom. The second-order valence-electron chi connectivity index (χ2n) is 9.27. The normalized spacial score (nSPS) is 16.3. The Labute approximate surface area is 206 Å². The van der Waals surface area contributed by atoms with Crippen LogP contribution in [-0.2, 0) is 11.2 Å². The maximum atomic E-state index is 11.8. The molecule has 7 nitrogen and oxygen atoms in total. The highest BCUT2D eigenvalue weighted by Gasteiger charge is 2.19. The van der Waals surface area contributed by atoms with E-state index < -0.39 is 0 Å².